The third-order valence-electron chi connectivity index (χ3n) is 3.30. The molecule has 7 heteroatoms. The van der Waals surface area contributed by atoms with E-state index in [1.54, 1.807) is 0 Å². The lowest BCUT2D eigenvalue weighted by Gasteiger charge is -2.28. The van der Waals surface area contributed by atoms with Gasteiger partial charge in [0.05, 0.1) is 12.1 Å². The Hall–Kier alpha value is -1.73. The van der Waals surface area contributed by atoms with Gasteiger partial charge in [0, 0.05) is 17.1 Å². The molecular formula is C17H21BrN4OS. The molecule has 0 spiro atoms. The fourth-order valence-corrected chi connectivity index (χ4v) is 2.83. The lowest BCUT2D eigenvalue weighted by molar-refractivity contribution is 0.302. The summed E-state index contributed by atoms with van der Waals surface area (Å²) in [5.74, 6) is 1.01. The fraction of sp³-hybridized carbons (Fsp3) is 0.353. The van der Waals surface area contributed by atoms with Crippen LogP contribution in [-0.2, 0) is 6.54 Å². The minimum Gasteiger partial charge on any atom is -0.419 e. The van der Waals surface area contributed by atoms with Crippen molar-refractivity contribution >= 4 is 33.3 Å². The molecule has 0 aliphatic heterocycles. The molecule has 0 aliphatic rings. The van der Waals surface area contributed by atoms with E-state index in [2.05, 4.69) is 51.9 Å². The van der Waals surface area contributed by atoms with Crippen LogP contribution < -0.4 is 5.32 Å². The molecule has 2 aromatic rings. The molecule has 24 heavy (non-hydrogen) atoms. The maximum Gasteiger partial charge on any atom is 0.248 e. The number of nitrogens with one attached hydrogen (secondary N) is 1. The van der Waals surface area contributed by atoms with Crippen molar-refractivity contribution in [2.75, 3.05) is 6.54 Å². The Bertz CT molecular complexity index is 729. The highest BCUT2D eigenvalue weighted by Crippen LogP contribution is 2.26. The Morgan fingerprint density at radius 1 is 1.38 bits per heavy atom. The van der Waals surface area contributed by atoms with Gasteiger partial charge in [-0.1, -0.05) is 24.3 Å². The molecule has 0 radical (unpaired) electrons. The lowest BCUT2D eigenvalue weighted by atomic mass is 10.2. The third kappa shape index (κ3) is 4.88. The van der Waals surface area contributed by atoms with E-state index in [0.29, 0.717) is 30.0 Å². The predicted octanol–water partition coefficient (Wildman–Crippen LogP) is 4.16. The van der Waals surface area contributed by atoms with Crippen LogP contribution in [0.3, 0.4) is 0 Å². The zero-order valence-corrected chi connectivity index (χ0v) is 16.4. The van der Waals surface area contributed by atoms with Crippen LogP contribution in [0.15, 0.2) is 45.3 Å². The first-order chi connectivity index (χ1) is 11.4. The number of thiocarbonyl (C=S) groups is 1. The highest BCUT2D eigenvalue weighted by Gasteiger charge is 2.18. The van der Waals surface area contributed by atoms with Gasteiger partial charge in [0.25, 0.3) is 0 Å². The van der Waals surface area contributed by atoms with Gasteiger partial charge in [-0.15, -0.1) is 10.2 Å². The van der Waals surface area contributed by atoms with Gasteiger partial charge in [0.2, 0.25) is 11.8 Å². The van der Waals surface area contributed by atoms with E-state index in [9.17, 15) is 0 Å². The molecule has 5 nitrogen and oxygen atoms in total. The minimum atomic E-state index is 0.203. The van der Waals surface area contributed by atoms with Crippen LogP contribution in [0.25, 0.3) is 11.5 Å². The number of rotatable bonds is 6. The number of halogens is 1. The van der Waals surface area contributed by atoms with E-state index in [0.717, 1.165) is 15.6 Å². The van der Waals surface area contributed by atoms with E-state index < -0.39 is 0 Å². The lowest BCUT2D eigenvalue weighted by Crippen LogP contribution is -2.43. The molecule has 0 aliphatic carbocycles. The molecular weight excluding hydrogens is 388 g/mol. The van der Waals surface area contributed by atoms with Crippen LogP contribution in [-0.4, -0.2) is 32.8 Å². The van der Waals surface area contributed by atoms with Crippen molar-refractivity contribution < 1.29 is 4.42 Å². The summed E-state index contributed by atoms with van der Waals surface area (Å²) in [5, 5.41) is 12.1. The molecule has 0 atom stereocenters. The summed E-state index contributed by atoms with van der Waals surface area (Å²) in [5.41, 5.74) is 1.89. The van der Waals surface area contributed by atoms with E-state index in [-0.39, 0.29) is 6.04 Å². The summed E-state index contributed by atoms with van der Waals surface area (Å²) in [6.45, 7) is 11.1. The molecule has 2 rings (SSSR count). The van der Waals surface area contributed by atoms with Crippen molar-refractivity contribution in [1.82, 2.24) is 20.4 Å². The van der Waals surface area contributed by atoms with Gasteiger partial charge < -0.3 is 14.6 Å². The van der Waals surface area contributed by atoms with Gasteiger partial charge in [-0.2, -0.15) is 0 Å². The van der Waals surface area contributed by atoms with Crippen LogP contribution in [0.1, 0.15) is 26.7 Å². The smallest absolute Gasteiger partial charge is 0.248 e. The molecule has 0 saturated heterocycles. The quantitative estimate of drug-likeness (QED) is 0.571. The Morgan fingerprint density at radius 2 is 2.08 bits per heavy atom. The molecule has 0 unspecified atom stereocenters. The second-order valence-corrected chi connectivity index (χ2v) is 7.06. The van der Waals surface area contributed by atoms with Crippen molar-refractivity contribution in [3.63, 3.8) is 0 Å². The number of hydrogen-bond donors (Lipinski definition) is 1. The molecule has 0 bridgehead atoms. The predicted molar refractivity (Wildman–Crippen MR) is 104 cm³/mol. The summed E-state index contributed by atoms with van der Waals surface area (Å²) < 4.78 is 6.72. The fourth-order valence-electron chi connectivity index (χ4n) is 2.02. The number of nitrogens with zero attached hydrogens (tertiary/aromatic N) is 3. The number of hydrogen-bond acceptors (Lipinski definition) is 4. The first kappa shape index (κ1) is 18.6. The summed E-state index contributed by atoms with van der Waals surface area (Å²) in [7, 11) is 0. The monoisotopic (exact) mass is 408 g/mol. The summed E-state index contributed by atoms with van der Waals surface area (Å²) >= 11 is 8.96. The van der Waals surface area contributed by atoms with Crippen LogP contribution in [0.2, 0.25) is 0 Å². The van der Waals surface area contributed by atoms with Crippen LogP contribution in [0, 0.1) is 0 Å². The van der Waals surface area contributed by atoms with Gasteiger partial charge in [0.1, 0.15) is 0 Å². The Kier molecular flexibility index (Phi) is 6.51. The molecule has 128 valence electrons. The maximum atomic E-state index is 5.81. The highest BCUT2D eigenvalue weighted by molar-refractivity contribution is 9.10. The first-order valence-electron chi connectivity index (χ1n) is 7.64. The molecule has 0 saturated carbocycles. The minimum absolute atomic E-state index is 0.203. The van der Waals surface area contributed by atoms with Crippen LogP contribution in [0.4, 0.5) is 0 Å². The molecule has 0 amide bonds. The summed E-state index contributed by atoms with van der Waals surface area (Å²) in [4.78, 5) is 2.01. The average Bonchev–Trinajstić information content (AvgIpc) is 2.99. The molecule has 1 aromatic heterocycles. The largest absolute Gasteiger partial charge is 0.419 e. The number of aromatic nitrogens is 2. The van der Waals surface area contributed by atoms with E-state index in [1.807, 2.05) is 36.1 Å². The summed E-state index contributed by atoms with van der Waals surface area (Å²) in [6.07, 6.45) is 0. The third-order valence-corrected chi connectivity index (χ3v) is 4.37. The van der Waals surface area contributed by atoms with Crippen molar-refractivity contribution in [2.24, 2.45) is 0 Å². The van der Waals surface area contributed by atoms with Crippen molar-refractivity contribution in [1.29, 1.82) is 0 Å². The highest BCUT2D eigenvalue weighted by atomic mass is 79.9. The number of benzene rings is 1. The standard InChI is InChI=1S/C17H21BrN4OS/c1-11(2)9-19-17(24)22(12(3)4)10-15-20-21-16(23-15)13-7-5-6-8-14(13)18/h5-8,12H,1,9-10H2,2-4H3,(H,19,24). The van der Waals surface area contributed by atoms with E-state index in [4.69, 9.17) is 16.6 Å². The van der Waals surface area contributed by atoms with E-state index >= 15 is 0 Å². The SMILES string of the molecule is C=C(C)CNC(=S)N(Cc1nnc(-c2ccccc2Br)o1)C(C)C. The van der Waals surface area contributed by atoms with Crippen LogP contribution in [0.5, 0.6) is 0 Å². The van der Waals surface area contributed by atoms with Crippen LogP contribution >= 0.6 is 28.1 Å². The maximum absolute atomic E-state index is 5.81. The normalized spacial score (nSPS) is 10.7. The average molecular weight is 409 g/mol. The van der Waals surface area contributed by atoms with Gasteiger partial charge in [0.15, 0.2) is 5.11 Å². The van der Waals surface area contributed by atoms with Gasteiger partial charge in [-0.25, -0.2) is 0 Å². The Labute approximate surface area is 156 Å². The second-order valence-electron chi connectivity index (χ2n) is 5.82. The van der Waals surface area contributed by atoms with Crippen molar-refractivity contribution in [3.8, 4) is 11.5 Å². The second kappa shape index (κ2) is 8.39. The molecule has 1 heterocycles. The zero-order chi connectivity index (χ0) is 17.7. The molecule has 1 aromatic carbocycles. The van der Waals surface area contributed by atoms with Gasteiger partial charge in [-0.3, -0.25) is 0 Å². The van der Waals surface area contributed by atoms with Gasteiger partial charge >= 0.3 is 0 Å². The topological polar surface area (TPSA) is 54.2 Å². The first-order valence-corrected chi connectivity index (χ1v) is 8.84. The molecule has 0 fully saturated rings. The zero-order valence-electron chi connectivity index (χ0n) is 14.0. The Morgan fingerprint density at radius 3 is 2.71 bits per heavy atom. The Balaban J connectivity index is 2.12. The van der Waals surface area contributed by atoms with Crippen molar-refractivity contribution in [2.45, 2.75) is 33.4 Å². The van der Waals surface area contributed by atoms with Gasteiger partial charge in [-0.05, 0) is 61.1 Å². The van der Waals surface area contributed by atoms with Crippen molar-refractivity contribution in [3.05, 3.63) is 46.8 Å². The summed E-state index contributed by atoms with van der Waals surface area (Å²) in [6, 6.07) is 7.95. The molecule has 1 N–H and O–H groups in total. The van der Waals surface area contributed by atoms with E-state index in [1.165, 1.54) is 0 Å².